The highest BCUT2D eigenvalue weighted by Gasteiger charge is 2.59. The van der Waals surface area contributed by atoms with Crippen LogP contribution in [0.5, 0.6) is 0 Å². The molecule has 2 aromatic carbocycles. The Balaban J connectivity index is 1.29. The molecule has 0 radical (unpaired) electrons. The fraction of sp³-hybridized carbons (Fsp3) is 0.364. The summed E-state index contributed by atoms with van der Waals surface area (Å²) >= 11 is 0. The minimum atomic E-state index is -3.84. The molecule has 1 aliphatic heterocycles. The number of sulfonamides is 1. The second-order valence-electron chi connectivity index (χ2n) is 8.27. The molecule has 1 atom stereocenters. The standard InChI is InChI=1S/C22H22FN3O3S/c1-15-7-8-18(23)19(13-15)30(27,28)26-11-9-22(10-12-26)14-17(22)21-25-24-20(29-21)16-5-3-2-4-6-16/h2-8,13,17H,9-12,14H2,1H3. The molecule has 0 N–H and O–H groups in total. The van der Waals surface area contributed by atoms with Crippen molar-refractivity contribution in [2.45, 2.75) is 37.0 Å². The van der Waals surface area contributed by atoms with Gasteiger partial charge in [0.2, 0.25) is 21.8 Å². The van der Waals surface area contributed by atoms with Gasteiger partial charge in [0.25, 0.3) is 0 Å². The van der Waals surface area contributed by atoms with Gasteiger partial charge in [-0.1, -0.05) is 24.3 Å². The van der Waals surface area contributed by atoms with E-state index < -0.39 is 15.8 Å². The van der Waals surface area contributed by atoms with Gasteiger partial charge >= 0.3 is 0 Å². The summed E-state index contributed by atoms with van der Waals surface area (Å²) in [4.78, 5) is -0.241. The van der Waals surface area contributed by atoms with E-state index in [-0.39, 0.29) is 16.2 Å². The molecule has 1 aliphatic carbocycles. The van der Waals surface area contributed by atoms with Crippen LogP contribution in [0.15, 0.2) is 57.8 Å². The van der Waals surface area contributed by atoms with Crippen LogP contribution in [0.4, 0.5) is 4.39 Å². The average Bonchev–Trinajstić information content (AvgIpc) is 3.21. The highest BCUT2D eigenvalue weighted by Crippen LogP contribution is 2.64. The summed E-state index contributed by atoms with van der Waals surface area (Å²) in [5.74, 6) is 0.574. The number of rotatable bonds is 4. The first-order chi connectivity index (χ1) is 14.4. The Morgan fingerprint density at radius 2 is 1.83 bits per heavy atom. The van der Waals surface area contributed by atoms with Gasteiger partial charge in [0.15, 0.2) is 0 Å². The van der Waals surface area contributed by atoms with Crippen LogP contribution in [-0.2, 0) is 10.0 Å². The summed E-state index contributed by atoms with van der Waals surface area (Å²) in [7, 11) is -3.84. The Morgan fingerprint density at radius 1 is 1.10 bits per heavy atom. The van der Waals surface area contributed by atoms with Crippen LogP contribution in [0.1, 0.15) is 36.6 Å². The minimum Gasteiger partial charge on any atom is -0.420 e. The van der Waals surface area contributed by atoms with Crippen LogP contribution in [0, 0.1) is 18.2 Å². The predicted octanol–water partition coefficient (Wildman–Crippen LogP) is 4.14. The monoisotopic (exact) mass is 427 g/mol. The Hall–Kier alpha value is -2.58. The molecule has 2 fully saturated rings. The third-order valence-corrected chi connectivity index (χ3v) is 8.29. The third kappa shape index (κ3) is 3.24. The zero-order chi connectivity index (χ0) is 20.9. The largest absolute Gasteiger partial charge is 0.420 e. The molecule has 1 unspecified atom stereocenters. The number of benzene rings is 2. The molecule has 156 valence electrons. The zero-order valence-corrected chi connectivity index (χ0v) is 17.4. The molecule has 3 aromatic rings. The van der Waals surface area contributed by atoms with Crippen LogP contribution in [0.2, 0.25) is 0 Å². The lowest BCUT2D eigenvalue weighted by molar-refractivity contribution is 0.245. The molecular weight excluding hydrogens is 405 g/mol. The normalized spacial score (nSPS) is 21.1. The number of hydrogen-bond acceptors (Lipinski definition) is 5. The van der Waals surface area contributed by atoms with Crippen molar-refractivity contribution in [3.05, 3.63) is 65.8 Å². The summed E-state index contributed by atoms with van der Waals surface area (Å²) in [5, 5.41) is 8.42. The van der Waals surface area contributed by atoms with Gasteiger partial charge in [-0.2, -0.15) is 4.31 Å². The van der Waals surface area contributed by atoms with Gasteiger partial charge in [0, 0.05) is 24.6 Å². The minimum absolute atomic E-state index is 0.00232. The van der Waals surface area contributed by atoms with Gasteiger partial charge in [-0.05, 0) is 61.4 Å². The van der Waals surface area contributed by atoms with Crippen LogP contribution in [0.25, 0.3) is 11.5 Å². The highest BCUT2D eigenvalue weighted by atomic mass is 32.2. The summed E-state index contributed by atoms with van der Waals surface area (Å²) in [6.07, 6.45) is 2.32. The molecule has 30 heavy (non-hydrogen) atoms. The van der Waals surface area contributed by atoms with Crippen molar-refractivity contribution in [3.8, 4) is 11.5 Å². The molecule has 0 bridgehead atoms. The van der Waals surface area contributed by atoms with E-state index in [1.807, 2.05) is 30.3 Å². The number of hydrogen-bond donors (Lipinski definition) is 0. The molecule has 1 spiro atoms. The predicted molar refractivity (Wildman–Crippen MR) is 109 cm³/mol. The number of nitrogens with zero attached hydrogens (tertiary/aromatic N) is 3. The molecule has 6 nitrogen and oxygen atoms in total. The molecule has 2 aliphatic rings. The van der Waals surface area contributed by atoms with E-state index in [1.165, 1.54) is 16.4 Å². The van der Waals surface area contributed by atoms with E-state index >= 15 is 0 Å². The molecule has 2 heterocycles. The van der Waals surface area contributed by atoms with Crippen molar-refractivity contribution in [1.82, 2.24) is 14.5 Å². The van der Waals surface area contributed by atoms with Crippen LogP contribution in [-0.4, -0.2) is 36.0 Å². The first-order valence-corrected chi connectivity index (χ1v) is 11.5. The van der Waals surface area contributed by atoms with Crippen molar-refractivity contribution in [2.24, 2.45) is 5.41 Å². The number of aryl methyl sites for hydroxylation is 1. The second-order valence-corrected chi connectivity index (χ2v) is 10.2. The highest BCUT2D eigenvalue weighted by molar-refractivity contribution is 7.89. The van der Waals surface area contributed by atoms with E-state index in [0.29, 0.717) is 37.7 Å². The van der Waals surface area contributed by atoms with E-state index in [1.54, 1.807) is 13.0 Å². The van der Waals surface area contributed by atoms with Gasteiger partial charge < -0.3 is 4.42 Å². The van der Waals surface area contributed by atoms with Gasteiger partial charge in [-0.3, -0.25) is 0 Å². The lowest BCUT2D eigenvalue weighted by Crippen LogP contribution is -2.39. The SMILES string of the molecule is Cc1ccc(F)c(S(=O)(=O)N2CCC3(CC2)CC3c2nnc(-c3ccccc3)o2)c1. The maximum Gasteiger partial charge on any atom is 0.247 e. The van der Waals surface area contributed by atoms with E-state index in [4.69, 9.17) is 4.42 Å². The van der Waals surface area contributed by atoms with Crippen molar-refractivity contribution in [3.63, 3.8) is 0 Å². The quantitative estimate of drug-likeness (QED) is 0.625. The summed E-state index contributed by atoms with van der Waals surface area (Å²) in [5.41, 5.74) is 1.60. The van der Waals surface area contributed by atoms with E-state index in [0.717, 1.165) is 17.5 Å². The van der Waals surface area contributed by atoms with Crippen LogP contribution < -0.4 is 0 Å². The molecule has 1 aromatic heterocycles. The Morgan fingerprint density at radius 3 is 2.57 bits per heavy atom. The topological polar surface area (TPSA) is 76.3 Å². The number of halogens is 1. The second kappa shape index (κ2) is 6.99. The fourth-order valence-electron chi connectivity index (χ4n) is 4.44. The molecule has 1 saturated heterocycles. The molecule has 5 rings (SSSR count). The van der Waals surface area contributed by atoms with Gasteiger partial charge in [0.05, 0.1) is 0 Å². The summed E-state index contributed by atoms with van der Waals surface area (Å²) < 4.78 is 47.4. The molecule has 0 amide bonds. The molecular formula is C22H22FN3O3S. The molecule has 1 saturated carbocycles. The Bertz CT molecular complexity index is 1190. The smallest absolute Gasteiger partial charge is 0.247 e. The third-order valence-electron chi connectivity index (χ3n) is 6.37. The Kier molecular flexibility index (Phi) is 4.52. The maximum absolute atomic E-state index is 14.2. The summed E-state index contributed by atoms with van der Waals surface area (Å²) in [6.45, 7) is 2.49. The van der Waals surface area contributed by atoms with E-state index in [2.05, 4.69) is 10.2 Å². The zero-order valence-electron chi connectivity index (χ0n) is 16.6. The lowest BCUT2D eigenvalue weighted by Gasteiger charge is -2.32. The fourth-order valence-corrected chi connectivity index (χ4v) is 6.03. The van der Waals surface area contributed by atoms with Crippen molar-refractivity contribution in [2.75, 3.05) is 13.1 Å². The van der Waals surface area contributed by atoms with Gasteiger partial charge in [0.1, 0.15) is 10.7 Å². The Labute approximate surface area is 174 Å². The van der Waals surface area contributed by atoms with Crippen LogP contribution in [0.3, 0.4) is 0 Å². The number of aromatic nitrogens is 2. The maximum atomic E-state index is 14.2. The first-order valence-electron chi connectivity index (χ1n) is 10.0. The molecule has 8 heteroatoms. The van der Waals surface area contributed by atoms with Gasteiger partial charge in [-0.25, -0.2) is 12.8 Å². The number of piperidine rings is 1. The average molecular weight is 428 g/mol. The summed E-state index contributed by atoms with van der Waals surface area (Å²) in [6, 6.07) is 13.8. The first kappa shape index (κ1) is 19.4. The van der Waals surface area contributed by atoms with Crippen molar-refractivity contribution in [1.29, 1.82) is 0 Å². The van der Waals surface area contributed by atoms with Crippen LogP contribution >= 0.6 is 0 Å². The van der Waals surface area contributed by atoms with Crippen molar-refractivity contribution >= 4 is 10.0 Å². The lowest BCUT2D eigenvalue weighted by atomic mass is 9.92. The van der Waals surface area contributed by atoms with E-state index in [9.17, 15) is 12.8 Å². The van der Waals surface area contributed by atoms with Crippen molar-refractivity contribution < 1.29 is 17.2 Å². The van der Waals surface area contributed by atoms with Gasteiger partial charge in [-0.15, -0.1) is 10.2 Å².